The smallest absolute Gasteiger partial charge is 0.338 e. The molecule has 8 heteroatoms. The van der Waals surface area contributed by atoms with E-state index in [-0.39, 0.29) is 11.7 Å². The van der Waals surface area contributed by atoms with Crippen LogP contribution in [0.4, 0.5) is 5.69 Å². The Bertz CT molecular complexity index is 1300. The van der Waals surface area contributed by atoms with E-state index in [2.05, 4.69) is 10.3 Å². The summed E-state index contributed by atoms with van der Waals surface area (Å²) in [5, 5.41) is 4.88. The lowest BCUT2D eigenvalue weighted by Gasteiger charge is -2.10. The summed E-state index contributed by atoms with van der Waals surface area (Å²) in [6, 6.07) is 21.7. The van der Waals surface area contributed by atoms with Crippen molar-refractivity contribution in [2.24, 2.45) is 0 Å². The summed E-state index contributed by atoms with van der Waals surface area (Å²) in [6.45, 7) is 2.06. The minimum atomic E-state index is -0.394. The molecule has 0 atom stereocenters. The number of fused-ring (bicyclic) bond motifs is 1. The fraction of sp³-hybridized carbons (Fsp3) is 0.120. The van der Waals surface area contributed by atoms with Gasteiger partial charge >= 0.3 is 5.97 Å². The van der Waals surface area contributed by atoms with Crippen molar-refractivity contribution in [1.82, 2.24) is 9.97 Å². The number of carbonyl (C=O) groups excluding carboxylic acids is 2. The average Bonchev–Trinajstić information content (AvgIpc) is 2.83. The van der Waals surface area contributed by atoms with Crippen molar-refractivity contribution in [1.29, 1.82) is 0 Å². The molecule has 0 saturated carbocycles. The SMILES string of the molecule is CCOC(=O)c1ccc(NC(=O)CSc2nc(-c3ccccc3)nc3ccc(Cl)cc23)cc1. The molecule has 3 aromatic carbocycles. The number of anilines is 1. The fourth-order valence-electron chi connectivity index (χ4n) is 3.13. The molecule has 0 aliphatic heterocycles. The number of nitrogens with one attached hydrogen (secondary N) is 1. The molecular weight excluding hydrogens is 458 g/mol. The number of benzene rings is 3. The average molecular weight is 478 g/mol. The number of aromatic nitrogens is 2. The van der Waals surface area contributed by atoms with Gasteiger partial charge in [0, 0.05) is 21.7 Å². The molecule has 0 radical (unpaired) electrons. The van der Waals surface area contributed by atoms with Crippen molar-refractivity contribution in [2.45, 2.75) is 11.9 Å². The highest BCUT2D eigenvalue weighted by molar-refractivity contribution is 8.00. The maximum absolute atomic E-state index is 12.6. The lowest BCUT2D eigenvalue weighted by Crippen LogP contribution is -2.14. The number of hydrogen-bond acceptors (Lipinski definition) is 6. The van der Waals surface area contributed by atoms with Crippen LogP contribution in [0.25, 0.3) is 22.3 Å². The van der Waals surface area contributed by atoms with Crippen molar-refractivity contribution in [2.75, 3.05) is 17.7 Å². The van der Waals surface area contributed by atoms with E-state index in [0.29, 0.717) is 33.7 Å². The summed E-state index contributed by atoms with van der Waals surface area (Å²) < 4.78 is 4.97. The molecule has 0 spiro atoms. The van der Waals surface area contributed by atoms with Gasteiger partial charge in [-0.05, 0) is 49.4 Å². The standard InChI is InChI=1S/C25H20ClN3O3S/c1-2-32-25(31)17-8-11-19(12-9-17)27-22(30)15-33-24-20-14-18(26)10-13-21(20)28-23(29-24)16-6-4-3-5-7-16/h3-14H,2,15H2,1H3,(H,27,30). The highest BCUT2D eigenvalue weighted by atomic mass is 35.5. The van der Waals surface area contributed by atoms with Gasteiger partial charge in [0.15, 0.2) is 5.82 Å². The predicted octanol–water partition coefficient (Wildman–Crippen LogP) is 5.86. The van der Waals surface area contributed by atoms with Gasteiger partial charge in [-0.1, -0.05) is 53.7 Å². The first-order chi connectivity index (χ1) is 16.0. The summed E-state index contributed by atoms with van der Waals surface area (Å²) in [5.74, 6) is 0.142. The van der Waals surface area contributed by atoms with Crippen molar-refractivity contribution < 1.29 is 14.3 Å². The number of ether oxygens (including phenoxy) is 1. The highest BCUT2D eigenvalue weighted by Crippen LogP contribution is 2.30. The molecule has 0 fully saturated rings. The van der Waals surface area contributed by atoms with E-state index >= 15 is 0 Å². The van der Waals surface area contributed by atoms with Crippen LogP contribution in [0, 0.1) is 0 Å². The predicted molar refractivity (Wildman–Crippen MR) is 132 cm³/mol. The number of amides is 1. The molecule has 166 valence electrons. The second-order valence-electron chi connectivity index (χ2n) is 7.01. The third-order valence-corrected chi connectivity index (χ3v) is 5.90. The van der Waals surface area contributed by atoms with Gasteiger partial charge in [-0.2, -0.15) is 0 Å². The van der Waals surface area contributed by atoms with Crippen molar-refractivity contribution in [3.63, 3.8) is 0 Å². The van der Waals surface area contributed by atoms with E-state index in [4.69, 9.17) is 21.3 Å². The summed E-state index contributed by atoms with van der Waals surface area (Å²) in [4.78, 5) is 33.7. The Morgan fingerprint density at radius 3 is 2.48 bits per heavy atom. The number of carbonyl (C=O) groups is 2. The lowest BCUT2D eigenvalue weighted by molar-refractivity contribution is -0.113. The molecule has 33 heavy (non-hydrogen) atoms. The molecule has 4 aromatic rings. The highest BCUT2D eigenvalue weighted by Gasteiger charge is 2.13. The largest absolute Gasteiger partial charge is 0.462 e. The first-order valence-corrected chi connectivity index (χ1v) is 11.6. The van der Waals surface area contributed by atoms with Gasteiger partial charge in [-0.15, -0.1) is 0 Å². The van der Waals surface area contributed by atoms with Gasteiger partial charge in [0.2, 0.25) is 5.91 Å². The molecule has 0 aliphatic rings. The lowest BCUT2D eigenvalue weighted by atomic mass is 10.2. The number of thioether (sulfide) groups is 1. The maximum atomic E-state index is 12.6. The van der Waals surface area contributed by atoms with Crippen LogP contribution >= 0.6 is 23.4 Å². The molecule has 6 nitrogen and oxygen atoms in total. The Balaban J connectivity index is 1.51. The van der Waals surface area contributed by atoms with E-state index in [9.17, 15) is 9.59 Å². The first kappa shape index (κ1) is 22.8. The second-order valence-corrected chi connectivity index (χ2v) is 8.42. The van der Waals surface area contributed by atoms with Crippen LogP contribution in [0.1, 0.15) is 17.3 Å². The van der Waals surface area contributed by atoms with E-state index in [1.807, 2.05) is 36.4 Å². The van der Waals surface area contributed by atoms with E-state index in [1.165, 1.54) is 11.8 Å². The molecule has 1 amide bonds. The number of hydrogen-bond donors (Lipinski definition) is 1. The van der Waals surface area contributed by atoms with Gasteiger partial charge in [-0.3, -0.25) is 4.79 Å². The van der Waals surface area contributed by atoms with Crippen LogP contribution in [0.3, 0.4) is 0 Å². The van der Waals surface area contributed by atoms with E-state index in [0.717, 1.165) is 16.5 Å². The second kappa shape index (κ2) is 10.5. The Morgan fingerprint density at radius 1 is 1.00 bits per heavy atom. The molecule has 1 aromatic heterocycles. The Hall–Kier alpha value is -3.42. The zero-order valence-corrected chi connectivity index (χ0v) is 19.3. The van der Waals surface area contributed by atoms with E-state index in [1.54, 1.807) is 43.3 Å². The van der Waals surface area contributed by atoms with Crippen LogP contribution in [-0.2, 0) is 9.53 Å². The third kappa shape index (κ3) is 5.69. The molecule has 1 heterocycles. The Kier molecular flexibility index (Phi) is 7.22. The zero-order valence-electron chi connectivity index (χ0n) is 17.7. The zero-order chi connectivity index (χ0) is 23.2. The quantitative estimate of drug-likeness (QED) is 0.204. The minimum absolute atomic E-state index is 0.145. The molecule has 4 rings (SSSR count). The Labute approximate surface area is 200 Å². The molecule has 0 saturated heterocycles. The number of rotatable bonds is 7. The van der Waals surface area contributed by atoms with Crippen LogP contribution in [0.2, 0.25) is 5.02 Å². The van der Waals surface area contributed by atoms with Crippen LogP contribution in [0.5, 0.6) is 0 Å². The van der Waals surface area contributed by atoms with E-state index < -0.39 is 5.97 Å². The fourth-order valence-corrected chi connectivity index (χ4v) is 4.12. The number of nitrogens with zero attached hydrogens (tertiary/aromatic N) is 2. The van der Waals surface area contributed by atoms with Crippen LogP contribution < -0.4 is 5.32 Å². The number of halogens is 1. The number of esters is 1. The van der Waals surface area contributed by atoms with Gasteiger partial charge in [0.05, 0.1) is 23.4 Å². The summed E-state index contributed by atoms with van der Waals surface area (Å²) in [5.41, 5.74) is 2.67. The molecular formula is C25H20ClN3O3S. The third-order valence-electron chi connectivity index (χ3n) is 4.67. The van der Waals surface area contributed by atoms with Crippen molar-refractivity contribution >= 4 is 51.8 Å². The van der Waals surface area contributed by atoms with Gasteiger partial charge in [0.25, 0.3) is 0 Å². The van der Waals surface area contributed by atoms with Crippen molar-refractivity contribution in [3.8, 4) is 11.4 Å². The maximum Gasteiger partial charge on any atom is 0.338 e. The molecule has 0 bridgehead atoms. The monoisotopic (exact) mass is 477 g/mol. The van der Waals surface area contributed by atoms with Crippen LogP contribution in [0.15, 0.2) is 77.8 Å². The minimum Gasteiger partial charge on any atom is -0.462 e. The van der Waals surface area contributed by atoms with Crippen LogP contribution in [-0.4, -0.2) is 34.2 Å². The van der Waals surface area contributed by atoms with Gasteiger partial charge in [0.1, 0.15) is 5.03 Å². The van der Waals surface area contributed by atoms with Crippen molar-refractivity contribution in [3.05, 3.63) is 83.4 Å². The van der Waals surface area contributed by atoms with Gasteiger partial charge < -0.3 is 10.1 Å². The molecule has 1 N–H and O–H groups in total. The topological polar surface area (TPSA) is 81.2 Å². The molecule has 0 aliphatic carbocycles. The molecule has 0 unspecified atom stereocenters. The summed E-state index contributed by atoms with van der Waals surface area (Å²) in [6.07, 6.45) is 0. The summed E-state index contributed by atoms with van der Waals surface area (Å²) in [7, 11) is 0. The Morgan fingerprint density at radius 2 is 1.76 bits per heavy atom. The first-order valence-electron chi connectivity index (χ1n) is 10.3. The normalized spacial score (nSPS) is 10.7. The van der Waals surface area contributed by atoms with Gasteiger partial charge in [-0.25, -0.2) is 14.8 Å². The summed E-state index contributed by atoms with van der Waals surface area (Å²) >= 11 is 7.51.